The van der Waals surface area contributed by atoms with Gasteiger partial charge in [-0.05, 0) is 37.4 Å². The van der Waals surface area contributed by atoms with Gasteiger partial charge in [-0.2, -0.15) is 5.41 Å². The fraction of sp³-hybridized carbons (Fsp3) is 0.750. The number of amidine groups is 1. The van der Waals surface area contributed by atoms with Gasteiger partial charge in [0.2, 0.25) is 0 Å². The molecule has 0 saturated heterocycles. The standard InChI is InChI=1S/C24H40N4.Y/c1-21(2,3)13-17(23(7,8)9)28(24(10,11)12)18-15-26-20-19(27-18)16(14-25-20)22(4,5)6;/h13-14,17,20H,1-12H3;/q-2;. The second-order valence-corrected chi connectivity index (χ2v) is 12.3. The van der Waals surface area contributed by atoms with Crippen molar-refractivity contribution in [3.05, 3.63) is 17.7 Å². The van der Waals surface area contributed by atoms with E-state index in [1.165, 1.54) is 5.57 Å². The van der Waals surface area contributed by atoms with Crippen molar-refractivity contribution in [1.29, 1.82) is 0 Å². The van der Waals surface area contributed by atoms with Crippen molar-refractivity contribution in [1.82, 2.24) is 4.90 Å². The Hall–Kier alpha value is -0.346. The molecule has 2 unspecified atom stereocenters. The van der Waals surface area contributed by atoms with Crippen LogP contribution in [0.2, 0.25) is 0 Å². The molecule has 2 rings (SSSR count). The van der Waals surface area contributed by atoms with Crippen molar-refractivity contribution in [3.8, 4) is 0 Å². The van der Waals surface area contributed by atoms with Gasteiger partial charge in [-0.25, -0.2) is 0 Å². The predicted octanol–water partition coefficient (Wildman–Crippen LogP) is 5.82. The first kappa shape index (κ1) is 26.7. The van der Waals surface area contributed by atoms with Gasteiger partial charge in [0.15, 0.2) is 0 Å². The summed E-state index contributed by atoms with van der Waals surface area (Å²) in [6, 6.07) is 0.187. The van der Waals surface area contributed by atoms with Gasteiger partial charge in [0.1, 0.15) is 6.17 Å². The number of allylic oxidation sites excluding steroid dienone is 1. The maximum atomic E-state index is 5.10. The third-order valence-corrected chi connectivity index (χ3v) is 4.96. The Morgan fingerprint density at radius 1 is 0.966 bits per heavy atom. The van der Waals surface area contributed by atoms with Crippen molar-refractivity contribution in [3.63, 3.8) is 0 Å². The minimum absolute atomic E-state index is 0. The molecule has 0 bridgehead atoms. The first-order valence-electron chi connectivity index (χ1n) is 10.4. The predicted molar refractivity (Wildman–Crippen MR) is 122 cm³/mol. The molecule has 0 aromatic carbocycles. The maximum Gasteiger partial charge on any atom is 0.149 e. The normalized spacial score (nSPS) is 21.0. The number of fused-ring (bicyclic) bond motifs is 1. The van der Waals surface area contributed by atoms with Crippen LogP contribution in [0.5, 0.6) is 0 Å². The third kappa shape index (κ3) is 6.56. The molecule has 0 aromatic heterocycles. The van der Waals surface area contributed by atoms with Crippen molar-refractivity contribution >= 4 is 18.3 Å². The molecule has 0 aliphatic carbocycles. The fourth-order valence-corrected chi connectivity index (χ4v) is 3.63. The van der Waals surface area contributed by atoms with Crippen molar-refractivity contribution in [2.75, 3.05) is 0 Å². The molecule has 4 nitrogen and oxygen atoms in total. The Morgan fingerprint density at radius 2 is 1.52 bits per heavy atom. The van der Waals surface area contributed by atoms with E-state index < -0.39 is 0 Å². The van der Waals surface area contributed by atoms with Gasteiger partial charge >= 0.3 is 0 Å². The smallest absolute Gasteiger partial charge is 0.149 e. The molecule has 2 aliphatic heterocycles. The summed E-state index contributed by atoms with van der Waals surface area (Å²) in [6.45, 7) is 27.0. The minimum atomic E-state index is -0.237. The van der Waals surface area contributed by atoms with E-state index >= 15 is 0 Å². The Bertz CT molecular complexity index is 716. The largest absolute Gasteiger partial charge is 0.469 e. The van der Waals surface area contributed by atoms with E-state index in [9.17, 15) is 0 Å². The van der Waals surface area contributed by atoms with E-state index in [0.29, 0.717) is 0 Å². The Balaban J connectivity index is 0.00000420. The number of rotatable bonds is 2. The summed E-state index contributed by atoms with van der Waals surface area (Å²) in [7, 11) is 0. The van der Waals surface area contributed by atoms with Crippen molar-refractivity contribution < 1.29 is 32.7 Å². The van der Waals surface area contributed by atoms with Crippen molar-refractivity contribution in [2.24, 2.45) is 31.2 Å². The van der Waals surface area contributed by atoms with Gasteiger partial charge in [0.05, 0.1) is 5.70 Å². The molecule has 0 fully saturated rings. The van der Waals surface area contributed by atoms with Crippen LogP contribution in [-0.4, -0.2) is 40.9 Å². The summed E-state index contributed by atoms with van der Waals surface area (Å²) >= 11 is 0. The van der Waals surface area contributed by atoms with Gasteiger partial charge in [-0.15, -0.1) is 0 Å². The zero-order chi connectivity index (χ0) is 21.7. The molecule has 0 saturated carbocycles. The molecule has 29 heavy (non-hydrogen) atoms. The molecule has 1 radical (unpaired) electrons. The van der Waals surface area contributed by atoms with Crippen LogP contribution in [0.25, 0.3) is 0 Å². The van der Waals surface area contributed by atoms with E-state index in [4.69, 9.17) is 4.99 Å². The quantitative estimate of drug-likeness (QED) is 0.466. The molecule has 0 aromatic rings. The van der Waals surface area contributed by atoms with Gasteiger partial charge in [0.25, 0.3) is 0 Å². The Kier molecular flexibility index (Phi) is 7.96. The first-order chi connectivity index (χ1) is 12.4. The molecule has 5 heteroatoms. The summed E-state index contributed by atoms with van der Waals surface area (Å²) < 4.78 is 0. The minimum Gasteiger partial charge on any atom is -0.469 e. The van der Waals surface area contributed by atoms with Crippen LogP contribution >= 0.6 is 0 Å². The average Bonchev–Trinajstić information content (AvgIpc) is 2.85. The van der Waals surface area contributed by atoms with Crippen LogP contribution in [0.3, 0.4) is 0 Å². The molecule has 2 heterocycles. The topological polar surface area (TPSA) is 40.3 Å². The number of nitrogens with zero attached hydrogens (tertiary/aromatic N) is 4. The SMILES string of the molecule is CC(C)(C)[CH-]C(N(C1=NC2=C(C(C)(C)C)C=NC2N=[C-]1)C(C)(C)C)C(C)(C)C.[Y]. The number of hydrogen-bond acceptors (Lipinski definition) is 4. The Morgan fingerprint density at radius 3 is 1.93 bits per heavy atom. The molecule has 2 aliphatic rings. The summed E-state index contributed by atoms with van der Waals surface area (Å²) in [5, 5.41) is 0. The number of hydrogen-bond donors (Lipinski definition) is 0. The molecule has 2 atom stereocenters. The summed E-state index contributed by atoms with van der Waals surface area (Å²) in [5.41, 5.74) is 2.12. The zero-order valence-corrected chi connectivity index (χ0v) is 23.5. The van der Waals surface area contributed by atoms with Crippen LogP contribution in [-0.2, 0) is 32.7 Å². The molecular formula is C24H40N4Y-2. The first-order valence-corrected chi connectivity index (χ1v) is 10.4. The summed E-state index contributed by atoms with van der Waals surface area (Å²) in [4.78, 5) is 16.7. The monoisotopic (exact) mass is 473 g/mol. The molecule has 0 spiro atoms. The zero-order valence-electron chi connectivity index (χ0n) is 20.7. The van der Waals surface area contributed by atoms with Crippen LogP contribution < -0.4 is 0 Å². The van der Waals surface area contributed by atoms with Gasteiger partial charge in [0, 0.05) is 50.0 Å². The van der Waals surface area contributed by atoms with Crippen LogP contribution in [0.1, 0.15) is 83.1 Å². The van der Waals surface area contributed by atoms with Crippen molar-refractivity contribution in [2.45, 2.75) is 101 Å². The second-order valence-electron chi connectivity index (χ2n) is 12.3. The van der Waals surface area contributed by atoms with Crippen LogP contribution in [0.15, 0.2) is 26.2 Å². The van der Waals surface area contributed by atoms with Gasteiger partial charge in [-0.1, -0.05) is 68.4 Å². The van der Waals surface area contributed by atoms with Gasteiger partial charge < -0.3 is 22.5 Å². The second kappa shape index (κ2) is 8.65. The van der Waals surface area contributed by atoms with E-state index in [1.807, 2.05) is 6.21 Å². The van der Waals surface area contributed by atoms with Crippen LogP contribution in [0, 0.1) is 22.7 Å². The van der Waals surface area contributed by atoms with Gasteiger partial charge in [-0.3, -0.25) is 9.98 Å². The molecule has 0 N–H and O–H groups in total. The van der Waals surface area contributed by atoms with E-state index in [-0.39, 0.29) is 66.7 Å². The molecular weight excluding hydrogens is 433 g/mol. The number of aliphatic imine (C=N–C) groups is 3. The van der Waals surface area contributed by atoms with E-state index in [1.54, 1.807) is 0 Å². The average molecular weight is 474 g/mol. The summed E-state index contributed by atoms with van der Waals surface area (Å²) in [6.07, 6.45) is 7.39. The molecule has 161 valence electrons. The van der Waals surface area contributed by atoms with E-state index in [0.717, 1.165) is 11.5 Å². The summed E-state index contributed by atoms with van der Waals surface area (Å²) in [5.74, 6) is 0.812. The van der Waals surface area contributed by atoms with E-state index in [2.05, 4.69) is 111 Å². The molecule has 0 amide bonds. The fourth-order valence-electron chi connectivity index (χ4n) is 3.63. The van der Waals surface area contributed by atoms with Crippen LogP contribution in [0.4, 0.5) is 0 Å². The Labute approximate surface area is 204 Å². The maximum absolute atomic E-state index is 5.10. The third-order valence-electron chi connectivity index (χ3n) is 4.96.